The van der Waals surface area contributed by atoms with E-state index in [1.807, 2.05) is 0 Å². The molecule has 20 heavy (non-hydrogen) atoms. The van der Waals surface area contributed by atoms with Crippen molar-refractivity contribution in [2.45, 2.75) is 0 Å². The Morgan fingerprint density at radius 3 is 2.30 bits per heavy atom. The van der Waals surface area contributed by atoms with E-state index >= 15 is 0 Å². The van der Waals surface area contributed by atoms with Crippen LogP contribution in [0.4, 0.5) is 0 Å². The fraction of sp³-hybridized carbons (Fsp3) is 0.583. The third-order valence-electron chi connectivity index (χ3n) is 2.17. The van der Waals surface area contributed by atoms with Crippen molar-refractivity contribution in [2.24, 2.45) is 5.73 Å². The van der Waals surface area contributed by atoms with E-state index in [1.165, 1.54) is 12.4 Å². The van der Waals surface area contributed by atoms with Crippen LogP contribution in [0.15, 0.2) is 12.4 Å². The SMILES string of the molecule is COCCOCCOCCOc1nccnc1C(N)=S. The molecule has 0 bridgehead atoms. The van der Waals surface area contributed by atoms with Crippen molar-refractivity contribution in [3.63, 3.8) is 0 Å². The number of aromatic nitrogens is 2. The van der Waals surface area contributed by atoms with Crippen LogP contribution >= 0.6 is 12.2 Å². The van der Waals surface area contributed by atoms with Gasteiger partial charge in [0.1, 0.15) is 11.6 Å². The highest BCUT2D eigenvalue weighted by Gasteiger charge is 2.08. The molecule has 0 fully saturated rings. The summed E-state index contributed by atoms with van der Waals surface area (Å²) in [6.45, 7) is 2.92. The minimum Gasteiger partial charge on any atom is -0.474 e. The first-order valence-electron chi connectivity index (χ1n) is 6.13. The first-order valence-corrected chi connectivity index (χ1v) is 6.54. The van der Waals surface area contributed by atoms with Gasteiger partial charge in [0.15, 0.2) is 5.69 Å². The van der Waals surface area contributed by atoms with Crippen LogP contribution < -0.4 is 10.5 Å². The van der Waals surface area contributed by atoms with E-state index in [1.54, 1.807) is 7.11 Å². The van der Waals surface area contributed by atoms with E-state index in [4.69, 9.17) is 36.9 Å². The Kier molecular flexibility index (Phi) is 8.72. The molecule has 2 N–H and O–H groups in total. The second-order valence-electron chi connectivity index (χ2n) is 3.64. The van der Waals surface area contributed by atoms with Gasteiger partial charge in [0.05, 0.1) is 33.0 Å². The zero-order valence-corrected chi connectivity index (χ0v) is 12.2. The van der Waals surface area contributed by atoms with Gasteiger partial charge in [-0.15, -0.1) is 0 Å². The van der Waals surface area contributed by atoms with Crippen molar-refractivity contribution in [2.75, 3.05) is 46.8 Å². The topological polar surface area (TPSA) is 88.7 Å². The zero-order valence-electron chi connectivity index (χ0n) is 11.4. The van der Waals surface area contributed by atoms with E-state index in [-0.39, 0.29) is 4.99 Å². The van der Waals surface area contributed by atoms with E-state index in [0.29, 0.717) is 51.2 Å². The van der Waals surface area contributed by atoms with Crippen molar-refractivity contribution in [1.29, 1.82) is 0 Å². The molecule has 0 saturated heterocycles. The molecule has 0 amide bonds. The highest BCUT2D eigenvalue weighted by atomic mass is 32.1. The Balaban J connectivity index is 2.11. The summed E-state index contributed by atoms with van der Waals surface area (Å²) >= 11 is 4.86. The third-order valence-corrected chi connectivity index (χ3v) is 2.36. The molecule has 0 aromatic carbocycles. The molecule has 112 valence electrons. The van der Waals surface area contributed by atoms with Crippen LogP contribution in [0.2, 0.25) is 0 Å². The van der Waals surface area contributed by atoms with Crippen LogP contribution in [0.1, 0.15) is 5.69 Å². The Morgan fingerprint density at radius 1 is 1.05 bits per heavy atom. The van der Waals surface area contributed by atoms with Crippen molar-refractivity contribution >= 4 is 17.2 Å². The van der Waals surface area contributed by atoms with Gasteiger partial charge in [-0.25, -0.2) is 9.97 Å². The van der Waals surface area contributed by atoms with Crippen LogP contribution in [0, 0.1) is 0 Å². The molecule has 0 radical (unpaired) electrons. The number of thiocarbonyl (C=S) groups is 1. The predicted octanol–water partition coefficient (Wildman–Crippen LogP) is 0.169. The Labute approximate surface area is 123 Å². The lowest BCUT2D eigenvalue weighted by Gasteiger charge is -2.09. The second-order valence-corrected chi connectivity index (χ2v) is 4.08. The third kappa shape index (κ3) is 6.71. The van der Waals surface area contributed by atoms with Crippen LogP contribution in [-0.2, 0) is 14.2 Å². The predicted molar refractivity (Wildman–Crippen MR) is 76.9 cm³/mol. The van der Waals surface area contributed by atoms with E-state index in [9.17, 15) is 0 Å². The quantitative estimate of drug-likeness (QED) is 0.457. The summed E-state index contributed by atoms with van der Waals surface area (Å²) in [7, 11) is 1.63. The molecule has 0 spiro atoms. The molecule has 1 aromatic heterocycles. The van der Waals surface area contributed by atoms with Gasteiger partial charge < -0.3 is 24.7 Å². The van der Waals surface area contributed by atoms with Crippen LogP contribution in [-0.4, -0.2) is 61.7 Å². The lowest BCUT2D eigenvalue weighted by molar-refractivity contribution is 0.0176. The zero-order chi connectivity index (χ0) is 14.6. The van der Waals surface area contributed by atoms with Gasteiger partial charge in [-0.3, -0.25) is 0 Å². The van der Waals surface area contributed by atoms with Crippen molar-refractivity contribution in [3.8, 4) is 5.88 Å². The van der Waals surface area contributed by atoms with Gasteiger partial charge in [-0.1, -0.05) is 12.2 Å². The maximum atomic E-state index is 5.52. The van der Waals surface area contributed by atoms with Crippen molar-refractivity contribution in [1.82, 2.24) is 9.97 Å². The highest BCUT2D eigenvalue weighted by molar-refractivity contribution is 7.80. The molecule has 0 aliphatic heterocycles. The Morgan fingerprint density at radius 2 is 1.65 bits per heavy atom. The number of nitrogens with two attached hydrogens (primary N) is 1. The minimum absolute atomic E-state index is 0.153. The standard InChI is InChI=1S/C12H19N3O4S/c1-16-4-5-17-6-7-18-8-9-19-12-10(11(13)20)14-2-3-15-12/h2-3H,4-9H2,1H3,(H2,13,20). The molecule has 0 aliphatic carbocycles. The molecule has 1 heterocycles. The lowest BCUT2D eigenvalue weighted by atomic mass is 10.4. The van der Waals surface area contributed by atoms with Crippen LogP contribution in [0.3, 0.4) is 0 Å². The maximum absolute atomic E-state index is 5.52. The van der Waals surface area contributed by atoms with Gasteiger partial charge in [0, 0.05) is 19.5 Å². The van der Waals surface area contributed by atoms with E-state index < -0.39 is 0 Å². The smallest absolute Gasteiger partial charge is 0.243 e. The number of hydrogen-bond acceptors (Lipinski definition) is 7. The van der Waals surface area contributed by atoms with Gasteiger partial charge in [0.25, 0.3) is 0 Å². The number of ether oxygens (including phenoxy) is 4. The highest BCUT2D eigenvalue weighted by Crippen LogP contribution is 2.10. The first-order chi connectivity index (χ1) is 9.75. The van der Waals surface area contributed by atoms with E-state index in [0.717, 1.165) is 0 Å². The maximum Gasteiger partial charge on any atom is 0.243 e. The number of rotatable bonds is 11. The molecule has 1 rings (SSSR count). The van der Waals surface area contributed by atoms with Gasteiger partial charge in [-0.2, -0.15) is 0 Å². The lowest BCUT2D eigenvalue weighted by Crippen LogP contribution is -2.17. The van der Waals surface area contributed by atoms with Gasteiger partial charge >= 0.3 is 0 Å². The fourth-order valence-electron chi connectivity index (χ4n) is 1.26. The minimum atomic E-state index is 0.153. The largest absolute Gasteiger partial charge is 0.474 e. The van der Waals surface area contributed by atoms with Crippen LogP contribution in [0.5, 0.6) is 5.88 Å². The summed E-state index contributed by atoms with van der Waals surface area (Å²) in [6.07, 6.45) is 3.02. The average molecular weight is 301 g/mol. The normalized spacial score (nSPS) is 10.4. The average Bonchev–Trinajstić information content (AvgIpc) is 2.46. The molecule has 0 aliphatic rings. The number of nitrogens with zero attached hydrogens (tertiary/aromatic N) is 2. The molecule has 0 saturated carbocycles. The number of hydrogen-bond donors (Lipinski definition) is 1. The Hall–Kier alpha value is -1.35. The summed E-state index contributed by atoms with van der Waals surface area (Å²) in [5, 5.41) is 0. The first kappa shape index (κ1) is 16.7. The Bertz CT molecular complexity index is 406. The summed E-state index contributed by atoms with van der Waals surface area (Å²) in [4.78, 5) is 8.18. The van der Waals surface area contributed by atoms with Gasteiger partial charge in [0.2, 0.25) is 5.88 Å². The van der Waals surface area contributed by atoms with E-state index in [2.05, 4.69) is 9.97 Å². The molecule has 1 aromatic rings. The summed E-state index contributed by atoms with van der Waals surface area (Å²) in [6, 6.07) is 0. The summed E-state index contributed by atoms with van der Waals surface area (Å²) in [5.74, 6) is 0.319. The van der Waals surface area contributed by atoms with Crippen molar-refractivity contribution < 1.29 is 18.9 Å². The van der Waals surface area contributed by atoms with Gasteiger partial charge in [-0.05, 0) is 0 Å². The second kappa shape index (κ2) is 10.4. The molecule has 7 nitrogen and oxygen atoms in total. The summed E-state index contributed by atoms with van der Waals surface area (Å²) < 4.78 is 20.8. The molecule has 8 heteroatoms. The van der Waals surface area contributed by atoms with Crippen LogP contribution in [0.25, 0.3) is 0 Å². The monoisotopic (exact) mass is 301 g/mol. The number of methoxy groups -OCH3 is 1. The summed E-state index contributed by atoms with van der Waals surface area (Å²) in [5.41, 5.74) is 5.90. The van der Waals surface area contributed by atoms with Crippen molar-refractivity contribution in [3.05, 3.63) is 18.1 Å². The molecule has 0 atom stereocenters. The molecular weight excluding hydrogens is 282 g/mol. The fourth-order valence-corrected chi connectivity index (χ4v) is 1.40. The molecule has 0 unspecified atom stereocenters. The molecular formula is C12H19N3O4S.